The van der Waals surface area contributed by atoms with Gasteiger partial charge < -0.3 is 10.2 Å². The van der Waals surface area contributed by atoms with Crippen molar-refractivity contribution in [2.24, 2.45) is 5.92 Å². The summed E-state index contributed by atoms with van der Waals surface area (Å²) in [4.78, 5) is 26.6. The monoisotopic (exact) mass is 414 g/mol. The molecule has 0 aliphatic carbocycles. The molecule has 4 rings (SSSR count). The van der Waals surface area contributed by atoms with E-state index in [9.17, 15) is 14.0 Å². The van der Waals surface area contributed by atoms with Crippen molar-refractivity contribution >= 4 is 34.8 Å². The average molecular weight is 415 g/mol. The third kappa shape index (κ3) is 3.81. The molecule has 1 aliphatic rings. The normalized spacial score (nSPS) is 16.3. The Kier molecular flexibility index (Phi) is 4.98. The number of hydrogen-bond acceptors (Lipinski definition) is 5. The zero-order valence-electron chi connectivity index (χ0n) is 15.3. The van der Waals surface area contributed by atoms with Crippen molar-refractivity contribution in [3.63, 3.8) is 0 Å². The molecule has 2 aromatic carbocycles. The standard InChI is InChI=1S/C19H16ClFN6O2/c1-11-23-24-25-27(11)17-9-14(4-7-16(17)21)22-19(29)12-8-18(28)26(10-12)15-5-2-13(20)3-6-15/h2-7,9,12H,8,10H2,1H3,(H,22,29). The number of anilines is 2. The van der Waals surface area contributed by atoms with Crippen LogP contribution in [0.15, 0.2) is 42.5 Å². The maximum absolute atomic E-state index is 14.2. The van der Waals surface area contributed by atoms with Gasteiger partial charge in [0.1, 0.15) is 11.5 Å². The number of nitrogens with one attached hydrogen (secondary N) is 1. The summed E-state index contributed by atoms with van der Waals surface area (Å²) in [5.41, 5.74) is 1.20. The van der Waals surface area contributed by atoms with E-state index in [0.717, 1.165) is 0 Å². The SMILES string of the molecule is Cc1nnnn1-c1cc(NC(=O)C2CC(=O)N(c3ccc(Cl)cc3)C2)ccc1F. The van der Waals surface area contributed by atoms with Crippen molar-refractivity contribution in [3.8, 4) is 5.69 Å². The highest BCUT2D eigenvalue weighted by Crippen LogP contribution is 2.27. The van der Waals surface area contributed by atoms with Crippen molar-refractivity contribution in [3.05, 3.63) is 59.1 Å². The van der Waals surface area contributed by atoms with Crippen molar-refractivity contribution in [1.82, 2.24) is 20.2 Å². The van der Waals surface area contributed by atoms with Crippen LogP contribution in [0.2, 0.25) is 5.02 Å². The van der Waals surface area contributed by atoms with E-state index in [4.69, 9.17) is 11.6 Å². The van der Waals surface area contributed by atoms with Gasteiger partial charge >= 0.3 is 0 Å². The summed E-state index contributed by atoms with van der Waals surface area (Å²) in [6.07, 6.45) is 0.0919. The number of carbonyl (C=O) groups excluding carboxylic acids is 2. The Morgan fingerprint density at radius 2 is 2.00 bits per heavy atom. The fourth-order valence-electron chi connectivity index (χ4n) is 3.21. The Morgan fingerprint density at radius 3 is 2.69 bits per heavy atom. The molecular formula is C19H16ClFN6O2. The predicted molar refractivity (Wildman–Crippen MR) is 104 cm³/mol. The van der Waals surface area contributed by atoms with Gasteiger partial charge in [0.2, 0.25) is 11.8 Å². The van der Waals surface area contributed by atoms with Gasteiger partial charge in [-0.3, -0.25) is 9.59 Å². The van der Waals surface area contributed by atoms with E-state index in [1.165, 1.54) is 22.9 Å². The predicted octanol–water partition coefficient (Wildman–Crippen LogP) is 2.75. The second-order valence-corrected chi connectivity index (χ2v) is 7.11. The first-order valence-corrected chi connectivity index (χ1v) is 9.22. The number of amides is 2. The molecular weight excluding hydrogens is 399 g/mol. The number of halogens is 2. The molecule has 1 N–H and O–H groups in total. The van der Waals surface area contributed by atoms with Crippen LogP contribution in [-0.2, 0) is 9.59 Å². The van der Waals surface area contributed by atoms with Crippen molar-refractivity contribution < 1.29 is 14.0 Å². The number of benzene rings is 2. The maximum Gasteiger partial charge on any atom is 0.229 e. The number of tetrazole rings is 1. The Balaban J connectivity index is 1.49. The fraction of sp³-hybridized carbons (Fsp3) is 0.211. The van der Waals surface area contributed by atoms with Gasteiger partial charge in [0, 0.05) is 29.4 Å². The number of hydrogen-bond donors (Lipinski definition) is 1. The van der Waals surface area contributed by atoms with E-state index in [1.807, 2.05) is 0 Å². The molecule has 0 saturated carbocycles. The maximum atomic E-state index is 14.2. The van der Waals surface area contributed by atoms with Crippen LogP contribution < -0.4 is 10.2 Å². The smallest absolute Gasteiger partial charge is 0.229 e. The van der Waals surface area contributed by atoms with Crippen molar-refractivity contribution in [1.29, 1.82) is 0 Å². The average Bonchev–Trinajstić information content (AvgIpc) is 3.30. The van der Waals surface area contributed by atoms with E-state index in [2.05, 4.69) is 20.8 Å². The summed E-state index contributed by atoms with van der Waals surface area (Å²) in [7, 11) is 0. The zero-order valence-corrected chi connectivity index (χ0v) is 16.1. The zero-order chi connectivity index (χ0) is 20.5. The molecule has 8 nitrogen and oxygen atoms in total. The third-order valence-electron chi connectivity index (χ3n) is 4.70. The minimum atomic E-state index is -0.526. The number of nitrogens with zero attached hydrogens (tertiary/aromatic N) is 5. The second-order valence-electron chi connectivity index (χ2n) is 6.68. The van der Waals surface area contributed by atoms with Crippen LogP contribution in [0.5, 0.6) is 0 Å². The van der Waals surface area contributed by atoms with Crippen LogP contribution >= 0.6 is 11.6 Å². The van der Waals surface area contributed by atoms with E-state index < -0.39 is 11.7 Å². The third-order valence-corrected chi connectivity index (χ3v) is 4.95. The Labute approximate surface area is 170 Å². The molecule has 2 amide bonds. The molecule has 29 heavy (non-hydrogen) atoms. The minimum Gasteiger partial charge on any atom is -0.326 e. The van der Waals surface area contributed by atoms with Crippen LogP contribution in [0.3, 0.4) is 0 Å². The molecule has 0 radical (unpaired) electrons. The lowest BCUT2D eigenvalue weighted by Gasteiger charge is -2.17. The lowest BCUT2D eigenvalue weighted by atomic mass is 10.1. The highest BCUT2D eigenvalue weighted by atomic mass is 35.5. The second kappa shape index (κ2) is 7.59. The molecule has 1 aromatic heterocycles. The first-order chi connectivity index (χ1) is 13.9. The number of carbonyl (C=O) groups is 2. The van der Waals surface area contributed by atoms with Crippen LogP contribution in [0.4, 0.5) is 15.8 Å². The van der Waals surface area contributed by atoms with Gasteiger partial charge in [-0.05, 0) is 59.8 Å². The van der Waals surface area contributed by atoms with Gasteiger partial charge in [0.05, 0.1) is 5.92 Å². The van der Waals surface area contributed by atoms with E-state index in [-0.39, 0.29) is 30.5 Å². The van der Waals surface area contributed by atoms with Gasteiger partial charge in [0.15, 0.2) is 5.82 Å². The molecule has 1 aliphatic heterocycles. The summed E-state index contributed by atoms with van der Waals surface area (Å²) in [6, 6.07) is 11.0. The lowest BCUT2D eigenvalue weighted by molar-refractivity contribution is -0.122. The minimum absolute atomic E-state index is 0.0919. The van der Waals surface area contributed by atoms with Gasteiger partial charge in [0.25, 0.3) is 0 Å². The largest absolute Gasteiger partial charge is 0.326 e. The first kappa shape index (κ1) is 19.0. The number of aromatic nitrogens is 4. The summed E-state index contributed by atoms with van der Waals surface area (Å²) >= 11 is 5.89. The van der Waals surface area contributed by atoms with E-state index in [0.29, 0.717) is 22.2 Å². The highest BCUT2D eigenvalue weighted by Gasteiger charge is 2.35. The molecule has 0 bridgehead atoms. The van der Waals surface area contributed by atoms with Crippen LogP contribution in [0, 0.1) is 18.7 Å². The number of aryl methyl sites for hydroxylation is 1. The fourth-order valence-corrected chi connectivity index (χ4v) is 3.33. The Bertz CT molecular complexity index is 1080. The molecule has 1 unspecified atom stereocenters. The highest BCUT2D eigenvalue weighted by molar-refractivity contribution is 6.30. The molecule has 10 heteroatoms. The Hall–Kier alpha value is -3.33. The van der Waals surface area contributed by atoms with Gasteiger partial charge in [-0.2, -0.15) is 4.68 Å². The molecule has 0 spiro atoms. The summed E-state index contributed by atoms with van der Waals surface area (Å²) in [5, 5.41) is 14.3. The van der Waals surface area contributed by atoms with E-state index in [1.54, 1.807) is 36.1 Å². The van der Waals surface area contributed by atoms with Crippen LogP contribution in [0.25, 0.3) is 5.69 Å². The molecule has 1 saturated heterocycles. The molecule has 148 valence electrons. The van der Waals surface area contributed by atoms with E-state index >= 15 is 0 Å². The molecule has 1 fully saturated rings. The Morgan fingerprint density at radius 1 is 1.24 bits per heavy atom. The van der Waals surface area contributed by atoms with Crippen LogP contribution in [-0.4, -0.2) is 38.6 Å². The van der Waals surface area contributed by atoms with Crippen molar-refractivity contribution in [2.45, 2.75) is 13.3 Å². The summed E-state index contributed by atoms with van der Waals surface area (Å²) in [6.45, 7) is 1.90. The van der Waals surface area contributed by atoms with Crippen LogP contribution in [0.1, 0.15) is 12.2 Å². The molecule has 1 atom stereocenters. The molecule has 3 aromatic rings. The summed E-state index contributed by atoms with van der Waals surface area (Å²) in [5.74, 6) is -1.10. The lowest BCUT2D eigenvalue weighted by Crippen LogP contribution is -2.28. The first-order valence-electron chi connectivity index (χ1n) is 8.84. The topological polar surface area (TPSA) is 93.0 Å². The summed E-state index contributed by atoms with van der Waals surface area (Å²) < 4.78 is 15.4. The van der Waals surface area contributed by atoms with Gasteiger partial charge in [-0.15, -0.1) is 5.10 Å². The van der Waals surface area contributed by atoms with Crippen molar-refractivity contribution in [2.75, 3.05) is 16.8 Å². The van der Waals surface area contributed by atoms with Gasteiger partial charge in [-0.1, -0.05) is 11.6 Å². The van der Waals surface area contributed by atoms with Gasteiger partial charge in [-0.25, -0.2) is 4.39 Å². The number of rotatable bonds is 4. The molecule has 2 heterocycles. The quantitative estimate of drug-likeness (QED) is 0.708.